The number of rotatable bonds is 4. The quantitative estimate of drug-likeness (QED) is 0.674. The van der Waals surface area contributed by atoms with E-state index in [0.717, 1.165) is 24.3 Å². The third kappa shape index (κ3) is 3.63. The molecule has 2 aromatic carbocycles. The minimum Gasteiger partial charge on any atom is -0.280 e. The van der Waals surface area contributed by atoms with Crippen LogP contribution in [0.2, 0.25) is 10.0 Å². The van der Waals surface area contributed by atoms with E-state index in [0.29, 0.717) is 5.02 Å². The fourth-order valence-corrected chi connectivity index (χ4v) is 2.87. The summed E-state index contributed by atoms with van der Waals surface area (Å²) in [6.45, 7) is 0. The Balaban J connectivity index is 2.29. The molecule has 0 unspecified atom stereocenters. The Labute approximate surface area is 130 Å². The molecule has 110 valence electrons. The molecular formula is C12H8Cl2N2O4S. The molecule has 0 aliphatic rings. The standard InChI is InChI=1S/C12H8Cl2N2O4S/c13-11-6-1-8(7-12(11)14)15-21(19,20)10-4-2-9(3-5-10)16(17)18/h1-7,15H. The number of halogens is 2. The maximum absolute atomic E-state index is 12.1. The zero-order chi connectivity index (χ0) is 15.6. The number of sulfonamides is 1. The smallest absolute Gasteiger partial charge is 0.269 e. The van der Waals surface area contributed by atoms with Crippen LogP contribution in [0.15, 0.2) is 47.4 Å². The molecule has 6 nitrogen and oxygen atoms in total. The summed E-state index contributed by atoms with van der Waals surface area (Å²) in [5, 5.41) is 11.0. The summed E-state index contributed by atoms with van der Waals surface area (Å²) in [4.78, 5) is 9.83. The molecule has 0 fully saturated rings. The van der Waals surface area contributed by atoms with Gasteiger partial charge in [-0.3, -0.25) is 14.8 Å². The number of nitro groups is 1. The van der Waals surface area contributed by atoms with E-state index >= 15 is 0 Å². The van der Waals surface area contributed by atoms with Crippen molar-refractivity contribution in [2.75, 3.05) is 4.72 Å². The van der Waals surface area contributed by atoms with E-state index in [1.165, 1.54) is 18.2 Å². The van der Waals surface area contributed by atoms with Crippen molar-refractivity contribution < 1.29 is 13.3 Å². The Bertz CT molecular complexity index is 791. The fourth-order valence-electron chi connectivity index (χ4n) is 1.52. The van der Waals surface area contributed by atoms with Crippen molar-refractivity contribution in [3.63, 3.8) is 0 Å². The summed E-state index contributed by atoms with van der Waals surface area (Å²) in [6.07, 6.45) is 0. The van der Waals surface area contributed by atoms with E-state index in [1.807, 2.05) is 0 Å². The van der Waals surface area contributed by atoms with Gasteiger partial charge in [-0.25, -0.2) is 8.42 Å². The first-order chi connectivity index (χ1) is 9.79. The van der Waals surface area contributed by atoms with Crippen LogP contribution in [0.25, 0.3) is 0 Å². The fraction of sp³-hybridized carbons (Fsp3) is 0. The predicted octanol–water partition coefficient (Wildman–Crippen LogP) is 3.70. The summed E-state index contributed by atoms with van der Waals surface area (Å²) in [5.74, 6) is 0. The predicted molar refractivity (Wildman–Crippen MR) is 80.4 cm³/mol. The second kappa shape index (κ2) is 5.88. The van der Waals surface area contributed by atoms with Gasteiger partial charge >= 0.3 is 0 Å². The van der Waals surface area contributed by atoms with Gasteiger partial charge in [0.15, 0.2) is 0 Å². The maximum Gasteiger partial charge on any atom is 0.269 e. The van der Waals surface area contributed by atoms with Gasteiger partial charge in [0.2, 0.25) is 0 Å². The van der Waals surface area contributed by atoms with E-state index in [2.05, 4.69) is 4.72 Å². The normalized spacial score (nSPS) is 11.1. The Kier molecular flexibility index (Phi) is 4.36. The van der Waals surface area contributed by atoms with Crippen LogP contribution < -0.4 is 4.72 Å². The topological polar surface area (TPSA) is 89.3 Å². The van der Waals surface area contributed by atoms with Crippen LogP contribution in [0.5, 0.6) is 0 Å². The van der Waals surface area contributed by atoms with Crippen molar-refractivity contribution in [2.45, 2.75) is 4.90 Å². The van der Waals surface area contributed by atoms with Crippen molar-refractivity contribution in [1.82, 2.24) is 0 Å². The van der Waals surface area contributed by atoms with Crippen molar-refractivity contribution in [3.8, 4) is 0 Å². The number of nitrogens with one attached hydrogen (secondary N) is 1. The largest absolute Gasteiger partial charge is 0.280 e. The molecule has 2 aromatic rings. The molecule has 0 aliphatic carbocycles. The van der Waals surface area contributed by atoms with Gasteiger partial charge in [-0.2, -0.15) is 0 Å². The van der Waals surface area contributed by atoms with Crippen LogP contribution in [0.4, 0.5) is 11.4 Å². The third-order valence-electron chi connectivity index (χ3n) is 2.53. The Morgan fingerprint density at radius 1 is 1.00 bits per heavy atom. The van der Waals surface area contributed by atoms with Crippen molar-refractivity contribution in [1.29, 1.82) is 0 Å². The molecule has 0 saturated heterocycles. The van der Waals surface area contributed by atoms with Crippen LogP contribution in [0.3, 0.4) is 0 Å². The number of hydrogen-bond donors (Lipinski definition) is 1. The molecule has 2 rings (SSSR count). The lowest BCUT2D eigenvalue weighted by Gasteiger charge is -2.08. The van der Waals surface area contributed by atoms with Gasteiger partial charge in [0, 0.05) is 12.1 Å². The molecule has 21 heavy (non-hydrogen) atoms. The van der Waals surface area contributed by atoms with Crippen molar-refractivity contribution >= 4 is 44.6 Å². The number of benzene rings is 2. The van der Waals surface area contributed by atoms with Crippen molar-refractivity contribution in [3.05, 3.63) is 62.6 Å². The molecule has 0 amide bonds. The van der Waals surface area contributed by atoms with Gasteiger partial charge in [-0.1, -0.05) is 23.2 Å². The zero-order valence-corrected chi connectivity index (χ0v) is 12.6. The lowest BCUT2D eigenvalue weighted by Crippen LogP contribution is -2.12. The first-order valence-corrected chi connectivity index (χ1v) is 7.76. The number of nitrogens with zero attached hydrogens (tertiary/aromatic N) is 1. The van der Waals surface area contributed by atoms with Gasteiger partial charge in [0.1, 0.15) is 0 Å². The molecule has 0 saturated carbocycles. The van der Waals surface area contributed by atoms with Crippen LogP contribution in [0.1, 0.15) is 0 Å². The lowest BCUT2D eigenvalue weighted by atomic mass is 10.3. The van der Waals surface area contributed by atoms with E-state index < -0.39 is 14.9 Å². The van der Waals surface area contributed by atoms with Gasteiger partial charge in [-0.05, 0) is 30.3 Å². The molecule has 1 N–H and O–H groups in total. The minimum atomic E-state index is -3.86. The minimum absolute atomic E-state index is 0.0980. The van der Waals surface area contributed by atoms with E-state index in [-0.39, 0.29) is 21.3 Å². The molecule has 0 aromatic heterocycles. The van der Waals surface area contributed by atoms with Crippen molar-refractivity contribution in [2.24, 2.45) is 0 Å². The SMILES string of the molecule is O=[N+]([O-])c1ccc(S(=O)(=O)Nc2ccc(Cl)c(Cl)c2)cc1. The number of nitro benzene ring substituents is 1. The summed E-state index contributed by atoms with van der Waals surface area (Å²) < 4.78 is 26.6. The molecule has 0 aliphatic heterocycles. The number of non-ortho nitro benzene ring substituents is 1. The summed E-state index contributed by atoms with van der Waals surface area (Å²) in [6, 6.07) is 8.81. The van der Waals surface area contributed by atoms with E-state index in [9.17, 15) is 18.5 Å². The lowest BCUT2D eigenvalue weighted by molar-refractivity contribution is -0.384. The highest BCUT2D eigenvalue weighted by Gasteiger charge is 2.16. The summed E-state index contributed by atoms with van der Waals surface area (Å²) in [7, 11) is -3.86. The van der Waals surface area contributed by atoms with Gasteiger partial charge in [-0.15, -0.1) is 0 Å². The summed E-state index contributed by atoms with van der Waals surface area (Å²) in [5.41, 5.74) is 0.0474. The molecular weight excluding hydrogens is 339 g/mol. The maximum atomic E-state index is 12.1. The first kappa shape index (κ1) is 15.6. The molecule has 0 atom stereocenters. The van der Waals surface area contributed by atoms with Crippen LogP contribution in [-0.4, -0.2) is 13.3 Å². The second-order valence-electron chi connectivity index (χ2n) is 3.99. The molecule has 0 heterocycles. The monoisotopic (exact) mass is 346 g/mol. The van der Waals surface area contributed by atoms with Gasteiger partial charge < -0.3 is 0 Å². The Morgan fingerprint density at radius 2 is 1.62 bits per heavy atom. The Morgan fingerprint density at radius 3 is 2.14 bits per heavy atom. The molecule has 0 spiro atoms. The highest BCUT2D eigenvalue weighted by atomic mass is 35.5. The van der Waals surface area contributed by atoms with Crippen LogP contribution in [0, 0.1) is 10.1 Å². The molecule has 9 heteroatoms. The number of anilines is 1. The van der Waals surface area contributed by atoms with Crippen LogP contribution >= 0.6 is 23.2 Å². The van der Waals surface area contributed by atoms with E-state index in [1.54, 1.807) is 0 Å². The zero-order valence-electron chi connectivity index (χ0n) is 10.3. The average Bonchev–Trinajstić information content (AvgIpc) is 2.43. The average molecular weight is 347 g/mol. The first-order valence-electron chi connectivity index (χ1n) is 5.52. The summed E-state index contributed by atoms with van der Waals surface area (Å²) >= 11 is 11.5. The Hall–Kier alpha value is -1.83. The highest BCUT2D eigenvalue weighted by molar-refractivity contribution is 7.92. The molecule has 0 radical (unpaired) electrons. The number of hydrogen-bond acceptors (Lipinski definition) is 4. The van der Waals surface area contributed by atoms with Gasteiger partial charge in [0.05, 0.1) is 25.6 Å². The van der Waals surface area contributed by atoms with E-state index in [4.69, 9.17) is 23.2 Å². The second-order valence-corrected chi connectivity index (χ2v) is 6.48. The molecule has 0 bridgehead atoms. The van der Waals surface area contributed by atoms with Gasteiger partial charge in [0.25, 0.3) is 15.7 Å². The highest BCUT2D eigenvalue weighted by Crippen LogP contribution is 2.26. The van der Waals surface area contributed by atoms with Crippen LogP contribution in [-0.2, 0) is 10.0 Å². The third-order valence-corrected chi connectivity index (χ3v) is 4.67.